The van der Waals surface area contributed by atoms with Crippen molar-refractivity contribution in [2.45, 2.75) is 46.0 Å². The summed E-state index contributed by atoms with van der Waals surface area (Å²) in [4.78, 5) is 19.8. The lowest BCUT2D eigenvalue weighted by molar-refractivity contribution is -0.116. The Balaban J connectivity index is 2.43. The maximum atomic E-state index is 11.5. The summed E-state index contributed by atoms with van der Waals surface area (Å²) in [5.41, 5.74) is 0. The van der Waals surface area contributed by atoms with Crippen molar-refractivity contribution in [3.63, 3.8) is 0 Å². The van der Waals surface area contributed by atoms with Gasteiger partial charge in [-0.3, -0.25) is 4.79 Å². The number of aryl methyl sites for hydroxylation is 1. The van der Waals surface area contributed by atoms with Gasteiger partial charge >= 0.3 is 0 Å². The van der Waals surface area contributed by atoms with Gasteiger partial charge in [-0.05, 0) is 12.5 Å². The molecule has 1 heterocycles. The molecule has 0 spiro atoms. The fourth-order valence-electron chi connectivity index (χ4n) is 1.38. The second-order valence-electron chi connectivity index (χ2n) is 3.72. The van der Waals surface area contributed by atoms with E-state index in [0.29, 0.717) is 12.2 Å². The first-order chi connectivity index (χ1) is 7.76. The summed E-state index contributed by atoms with van der Waals surface area (Å²) in [5.74, 6) is 1.40. The summed E-state index contributed by atoms with van der Waals surface area (Å²) in [6, 6.07) is 1.72. The topological polar surface area (TPSA) is 54.9 Å². The second kappa shape index (κ2) is 6.93. The van der Waals surface area contributed by atoms with E-state index in [2.05, 4.69) is 22.2 Å². The molecule has 0 aliphatic rings. The summed E-state index contributed by atoms with van der Waals surface area (Å²) in [5, 5.41) is 2.79. The van der Waals surface area contributed by atoms with E-state index in [1.165, 1.54) is 0 Å². The average molecular weight is 221 g/mol. The summed E-state index contributed by atoms with van der Waals surface area (Å²) in [6.07, 6.45) is 6.18. The molecule has 0 aromatic carbocycles. The number of unbranched alkanes of at least 4 members (excludes halogenated alkanes) is 2. The molecule has 4 heteroatoms. The molecule has 0 unspecified atom stereocenters. The van der Waals surface area contributed by atoms with Crippen LogP contribution >= 0.6 is 0 Å². The molecule has 1 aromatic rings. The molecular formula is C12H19N3O. The van der Waals surface area contributed by atoms with E-state index in [0.717, 1.165) is 31.5 Å². The largest absolute Gasteiger partial charge is 0.311 e. The van der Waals surface area contributed by atoms with Crippen molar-refractivity contribution in [3.05, 3.63) is 18.1 Å². The minimum atomic E-state index is 0.0363. The summed E-state index contributed by atoms with van der Waals surface area (Å²) in [6.45, 7) is 4.11. The van der Waals surface area contributed by atoms with Gasteiger partial charge in [-0.1, -0.05) is 26.7 Å². The third-order valence-electron chi connectivity index (χ3n) is 2.30. The van der Waals surface area contributed by atoms with E-state index in [9.17, 15) is 4.79 Å². The van der Waals surface area contributed by atoms with E-state index >= 15 is 0 Å². The average Bonchev–Trinajstić information content (AvgIpc) is 2.29. The first-order valence-electron chi connectivity index (χ1n) is 5.88. The van der Waals surface area contributed by atoms with Gasteiger partial charge in [0.15, 0.2) is 0 Å². The Kier molecular flexibility index (Phi) is 5.46. The molecule has 0 atom stereocenters. The van der Waals surface area contributed by atoms with Gasteiger partial charge in [-0.15, -0.1) is 0 Å². The lowest BCUT2D eigenvalue weighted by atomic mass is 10.2. The van der Waals surface area contributed by atoms with Gasteiger partial charge in [0.1, 0.15) is 11.6 Å². The van der Waals surface area contributed by atoms with Crippen LogP contribution in [-0.2, 0) is 11.2 Å². The standard InChI is InChI=1S/C12H19N3O/c1-3-5-6-7-12(16)15-11-8-9-13-10(4-2)14-11/h8-9H,3-7H2,1-2H3,(H,13,14,15,16). The molecule has 0 bridgehead atoms. The summed E-state index contributed by atoms with van der Waals surface area (Å²) < 4.78 is 0. The van der Waals surface area contributed by atoms with Crippen molar-refractivity contribution in [2.24, 2.45) is 0 Å². The van der Waals surface area contributed by atoms with Gasteiger partial charge in [-0.25, -0.2) is 9.97 Å². The molecule has 1 aromatic heterocycles. The Morgan fingerprint density at radius 3 is 2.88 bits per heavy atom. The van der Waals surface area contributed by atoms with E-state index in [1.807, 2.05) is 6.92 Å². The predicted octanol–water partition coefficient (Wildman–Crippen LogP) is 2.56. The number of anilines is 1. The smallest absolute Gasteiger partial charge is 0.225 e. The molecule has 0 fully saturated rings. The molecule has 1 rings (SSSR count). The number of hydrogen-bond donors (Lipinski definition) is 1. The van der Waals surface area contributed by atoms with Crippen LogP contribution in [0.3, 0.4) is 0 Å². The molecular weight excluding hydrogens is 202 g/mol. The first kappa shape index (κ1) is 12.6. The molecule has 0 saturated heterocycles. The molecule has 1 N–H and O–H groups in total. The number of hydrogen-bond acceptors (Lipinski definition) is 3. The van der Waals surface area contributed by atoms with Crippen LogP contribution in [-0.4, -0.2) is 15.9 Å². The fourth-order valence-corrected chi connectivity index (χ4v) is 1.38. The van der Waals surface area contributed by atoms with Crippen LogP contribution < -0.4 is 5.32 Å². The number of nitrogens with zero attached hydrogens (tertiary/aromatic N) is 2. The van der Waals surface area contributed by atoms with E-state index in [4.69, 9.17) is 0 Å². The number of rotatable bonds is 6. The third-order valence-corrected chi connectivity index (χ3v) is 2.30. The Labute approximate surface area is 96.5 Å². The Morgan fingerprint density at radius 2 is 2.19 bits per heavy atom. The van der Waals surface area contributed by atoms with Crippen LogP contribution in [0.15, 0.2) is 12.3 Å². The molecule has 16 heavy (non-hydrogen) atoms. The van der Waals surface area contributed by atoms with Crippen molar-refractivity contribution in [3.8, 4) is 0 Å². The predicted molar refractivity (Wildman–Crippen MR) is 64.2 cm³/mol. The zero-order chi connectivity index (χ0) is 11.8. The fraction of sp³-hybridized carbons (Fsp3) is 0.583. The maximum absolute atomic E-state index is 11.5. The lowest BCUT2D eigenvalue weighted by Gasteiger charge is -2.04. The van der Waals surface area contributed by atoms with Crippen molar-refractivity contribution < 1.29 is 4.79 Å². The van der Waals surface area contributed by atoms with E-state index < -0.39 is 0 Å². The Hall–Kier alpha value is -1.45. The van der Waals surface area contributed by atoms with Crippen LogP contribution in [0.25, 0.3) is 0 Å². The van der Waals surface area contributed by atoms with Crippen LogP contribution in [0.2, 0.25) is 0 Å². The Morgan fingerprint density at radius 1 is 1.38 bits per heavy atom. The number of carbonyl (C=O) groups is 1. The number of amides is 1. The van der Waals surface area contributed by atoms with Crippen LogP contribution in [0.5, 0.6) is 0 Å². The van der Waals surface area contributed by atoms with Crippen LogP contribution in [0, 0.1) is 0 Å². The SMILES string of the molecule is CCCCCC(=O)Nc1ccnc(CC)n1. The number of carbonyl (C=O) groups excluding carboxylic acids is 1. The van der Waals surface area contributed by atoms with Crippen molar-refractivity contribution in [1.29, 1.82) is 0 Å². The van der Waals surface area contributed by atoms with Gasteiger partial charge in [0.05, 0.1) is 0 Å². The summed E-state index contributed by atoms with van der Waals surface area (Å²) in [7, 11) is 0. The monoisotopic (exact) mass is 221 g/mol. The highest BCUT2D eigenvalue weighted by atomic mass is 16.1. The van der Waals surface area contributed by atoms with Gasteiger partial charge in [-0.2, -0.15) is 0 Å². The minimum absolute atomic E-state index is 0.0363. The number of nitrogens with one attached hydrogen (secondary N) is 1. The molecule has 0 radical (unpaired) electrons. The molecule has 1 amide bonds. The van der Waals surface area contributed by atoms with Crippen LogP contribution in [0.1, 0.15) is 45.4 Å². The Bertz CT molecular complexity index is 339. The first-order valence-corrected chi connectivity index (χ1v) is 5.88. The zero-order valence-electron chi connectivity index (χ0n) is 9.99. The van der Waals surface area contributed by atoms with Crippen LogP contribution in [0.4, 0.5) is 5.82 Å². The molecule has 0 aliphatic carbocycles. The van der Waals surface area contributed by atoms with Crippen molar-refractivity contribution >= 4 is 11.7 Å². The highest BCUT2D eigenvalue weighted by molar-refractivity contribution is 5.89. The van der Waals surface area contributed by atoms with E-state index in [-0.39, 0.29) is 5.91 Å². The second-order valence-corrected chi connectivity index (χ2v) is 3.72. The highest BCUT2D eigenvalue weighted by Gasteiger charge is 2.03. The molecule has 88 valence electrons. The van der Waals surface area contributed by atoms with Crippen molar-refractivity contribution in [2.75, 3.05) is 5.32 Å². The highest BCUT2D eigenvalue weighted by Crippen LogP contribution is 2.05. The normalized spacial score (nSPS) is 10.1. The van der Waals surface area contributed by atoms with Gasteiger partial charge in [0, 0.05) is 19.0 Å². The minimum Gasteiger partial charge on any atom is -0.311 e. The van der Waals surface area contributed by atoms with E-state index in [1.54, 1.807) is 12.3 Å². The molecule has 0 aliphatic heterocycles. The third kappa shape index (κ3) is 4.38. The zero-order valence-corrected chi connectivity index (χ0v) is 9.99. The molecule has 4 nitrogen and oxygen atoms in total. The summed E-state index contributed by atoms with van der Waals surface area (Å²) >= 11 is 0. The maximum Gasteiger partial charge on any atom is 0.225 e. The molecule has 0 saturated carbocycles. The van der Waals surface area contributed by atoms with Gasteiger partial charge < -0.3 is 5.32 Å². The quantitative estimate of drug-likeness (QED) is 0.751. The lowest BCUT2D eigenvalue weighted by Crippen LogP contribution is -2.13. The van der Waals surface area contributed by atoms with Gasteiger partial charge in [0.2, 0.25) is 5.91 Å². The van der Waals surface area contributed by atoms with Gasteiger partial charge in [0.25, 0.3) is 0 Å². The van der Waals surface area contributed by atoms with Crippen molar-refractivity contribution in [1.82, 2.24) is 9.97 Å². The number of aromatic nitrogens is 2.